The molecular weight excluding hydrogens is 325 g/mol. The summed E-state index contributed by atoms with van der Waals surface area (Å²) in [4.78, 5) is 0. The van der Waals surface area contributed by atoms with E-state index in [1.165, 1.54) is 11.1 Å². The van der Waals surface area contributed by atoms with E-state index < -0.39 is 0 Å². The van der Waals surface area contributed by atoms with Crippen molar-refractivity contribution in [3.8, 4) is 11.5 Å². The molecule has 0 bridgehead atoms. The molecule has 0 aromatic heterocycles. The molecule has 20 heavy (non-hydrogen) atoms. The third-order valence-corrected chi connectivity index (χ3v) is 3.55. The summed E-state index contributed by atoms with van der Waals surface area (Å²) in [6.45, 7) is 4.41. The Hall–Kier alpha value is -0.856. The summed E-state index contributed by atoms with van der Waals surface area (Å²) in [6.07, 6.45) is 0. The molecule has 2 aromatic carbocycles. The molecule has 0 spiro atoms. The molecule has 0 aliphatic carbocycles. The van der Waals surface area contributed by atoms with E-state index in [9.17, 15) is 0 Å². The van der Waals surface area contributed by atoms with Crippen LogP contribution < -0.4 is 9.47 Å². The van der Waals surface area contributed by atoms with Crippen LogP contribution in [-0.4, -0.2) is 7.11 Å². The number of rotatable bonds is 4. The average molecular weight is 344 g/mol. The maximum absolute atomic E-state index is 5.19. The summed E-state index contributed by atoms with van der Waals surface area (Å²) >= 11 is 0. The first-order chi connectivity index (χ1) is 9.07. The fourth-order valence-electron chi connectivity index (χ4n) is 2.14. The second-order valence-corrected chi connectivity index (χ2v) is 5.02. The Morgan fingerprint density at radius 2 is 1.20 bits per heavy atom. The Kier molecular flexibility index (Phi) is 6.22. The van der Waals surface area contributed by atoms with Crippen LogP contribution in [0.5, 0.6) is 11.5 Å². The van der Waals surface area contributed by atoms with Gasteiger partial charge in [0.1, 0.15) is 5.75 Å². The van der Waals surface area contributed by atoms with Crippen molar-refractivity contribution in [1.82, 2.24) is 0 Å². The van der Waals surface area contributed by atoms with Crippen LogP contribution in [0.25, 0.3) is 0 Å². The van der Waals surface area contributed by atoms with Crippen molar-refractivity contribution in [3.63, 3.8) is 0 Å². The smallest absolute Gasteiger partial charge is 0.665 e. The van der Waals surface area contributed by atoms with Crippen LogP contribution >= 0.6 is 0 Å². The van der Waals surface area contributed by atoms with E-state index in [1.54, 1.807) is 7.11 Å². The summed E-state index contributed by atoms with van der Waals surface area (Å²) in [5.41, 5.74) is 2.42. The van der Waals surface area contributed by atoms with E-state index >= 15 is 0 Å². The van der Waals surface area contributed by atoms with Gasteiger partial charge in [0.05, 0.1) is 12.9 Å². The monoisotopic (exact) mass is 344 g/mol. The summed E-state index contributed by atoms with van der Waals surface area (Å²) in [5.74, 6) is 1.65. The molecule has 2 aromatic rings. The van der Waals surface area contributed by atoms with E-state index in [0.29, 0.717) is 0 Å². The Labute approximate surface area is 146 Å². The van der Waals surface area contributed by atoms with Crippen LogP contribution in [0.2, 0.25) is 0 Å². The van der Waals surface area contributed by atoms with Gasteiger partial charge in [-0.2, -0.15) is 7.11 Å². The molecule has 0 amide bonds. The first kappa shape index (κ1) is 17.2. The van der Waals surface area contributed by atoms with Gasteiger partial charge in [-0.1, -0.05) is 38.1 Å². The number of hydrogen-bond acceptors (Lipinski definition) is 2. The van der Waals surface area contributed by atoms with Crippen molar-refractivity contribution < 1.29 is 42.2 Å². The minimum Gasteiger partial charge on any atom is -0.665 e. The molecule has 2 nitrogen and oxygen atoms in total. The van der Waals surface area contributed by atoms with Gasteiger partial charge in [0, 0.05) is 5.41 Å². The molecule has 3 heteroatoms. The summed E-state index contributed by atoms with van der Waals surface area (Å²) < 4.78 is 10.1. The predicted molar refractivity (Wildman–Crippen MR) is 77.5 cm³/mol. The van der Waals surface area contributed by atoms with Gasteiger partial charge in [0.25, 0.3) is 0 Å². The Bertz CT molecular complexity index is 480. The van der Waals surface area contributed by atoms with E-state index in [2.05, 4.69) is 45.2 Å². The number of benzene rings is 2. The van der Waals surface area contributed by atoms with Gasteiger partial charge < -0.3 is 9.47 Å². The molecule has 0 N–H and O–H groups in total. The Morgan fingerprint density at radius 3 is 1.55 bits per heavy atom. The van der Waals surface area contributed by atoms with Crippen molar-refractivity contribution in [2.24, 2.45) is 0 Å². The summed E-state index contributed by atoms with van der Waals surface area (Å²) in [7, 11) is 5.09. The number of hydrogen-bond donors (Lipinski definition) is 0. The zero-order valence-electron chi connectivity index (χ0n) is 12.2. The van der Waals surface area contributed by atoms with Crippen molar-refractivity contribution in [2.45, 2.75) is 19.3 Å². The molecule has 0 saturated carbocycles. The van der Waals surface area contributed by atoms with Crippen LogP contribution in [-0.2, 0) is 38.1 Å². The molecular formula is C17H19O2Y+2. The fraction of sp³-hybridized carbons (Fsp3) is 0.235. The van der Waals surface area contributed by atoms with Crippen molar-refractivity contribution in [1.29, 1.82) is 0 Å². The zero-order chi connectivity index (χ0) is 13.9. The molecule has 0 atom stereocenters. The summed E-state index contributed by atoms with van der Waals surface area (Å²) in [6, 6.07) is 16.2. The van der Waals surface area contributed by atoms with Gasteiger partial charge in [-0.15, -0.1) is 0 Å². The van der Waals surface area contributed by atoms with Gasteiger partial charge in [-0.25, -0.2) is 0 Å². The molecule has 0 radical (unpaired) electrons. The minimum atomic E-state index is -0.0635. The molecule has 100 valence electrons. The van der Waals surface area contributed by atoms with Crippen molar-refractivity contribution in [2.75, 3.05) is 7.11 Å². The minimum absolute atomic E-state index is 0. The quantitative estimate of drug-likeness (QED) is 0.775. The number of ether oxygens (including phenoxy) is 2. The van der Waals surface area contributed by atoms with Gasteiger partial charge in [0.15, 0.2) is 0 Å². The molecule has 0 fully saturated rings. The van der Waals surface area contributed by atoms with E-state index in [4.69, 9.17) is 9.47 Å². The van der Waals surface area contributed by atoms with Gasteiger partial charge in [-0.05, 0) is 35.4 Å². The van der Waals surface area contributed by atoms with Gasteiger partial charge >= 0.3 is 32.7 Å². The first-order valence-electron chi connectivity index (χ1n) is 6.25. The standard InChI is InChI=1S/C17H19O2.Y/c1-17(2,13-5-9-15(18-3)10-6-13)14-7-11-16(19-4)12-8-14;/h5-12H,3H2,1-2,4H3;/q-1;+3. The second kappa shape index (κ2) is 7.24. The Morgan fingerprint density at radius 1 is 0.800 bits per heavy atom. The predicted octanol–water partition coefficient (Wildman–Crippen LogP) is 4.19. The maximum Gasteiger partial charge on any atom is 3.00 e. The maximum atomic E-state index is 5.19. The SMILES string of the molecule is [CH2-]Oc1ccc(C(C)(C)c2ccc(OC)cc2)cc1.[Y+3]. The van der Waals surface area contributed by atoms with Gasteiger partial charge in [-0.3, -0.25) is 0 Å². The van der Waals surface area contributed by atoms with Crippen LogP contribution in [0, 0.1) is 7.11 Å². The van der Waals surface area contributed by atoms with Crippen LogP contribution in [0.15, 0.2) is 48.5 Å². The number of methoxy groups -OCH3 is 1. The normalized spacial score (nSPS) is 10.6. The Balaban J connectivity index is 0.00000200. The molecule has 0 unspecified atom stereocenters. The van der Waals surface area contributed by atoms with Crippen molar-refractivity contribution >= 4 is 0 Å². The van der Waals surface area contributed by atoms with E-state index in [0.717, 1.165) is 11.5 Å². The van der Waals surface area contributed by atoms with E-state index in [-0.39, 0.29) is 38.1 Å². The van der Waals surface area contributed by atoms with Crippen LogP contribution in [0.4, 0.5) is 0 Å². The largest absolute Gasteiger partial charge is 3.00 e. The molecule has 0 aliphatic rings. The average Bonchev–Trinajstić information content (AvgIpc) is 2.47. The third-order valence-electron chi connectivity index (χ3n) is 3.55. The van der Waals surface area contributed by atoms with Gasteiger partial charge in [0.2, 0.25) is 0 Å². The van der Waals surface area contributed by atoms with Crippen LogP contribution in [0.1, 0.15) is 25.0 Å². The first-order valence-corrected chi connectivity index (χ1v) is 6.25. The molecule has 0 aliphatic heterocycles. The third kappa shape index (κ3) is 3.62. The fourth-order valence-corrected chi connectivity index (χ4v) is 2.14. The second-order valence-electron chi connectivity index (χ2n) is 5.02. The molecule has 0 heterocycles. The molecule has 2 rings (SSSR count). The van der Waals surface area contributed by atoms with Crippen molar-refractivity contribution in [3.05, 3.63) is 66.8 Å². The summed E-state index contributed by atoms with van der Waals surface area (Å²) in [5, 5.41) is 0. The molecule has 0 saturated heterocycles. The zero-order valence-corrected chi connectivity index (χ0v) is 15.1. The van der Waals surface area contributed by atoms with Crippen LogP contribution in [0.3, 0.4) is 0 Å². The topological polar surface area (TPSA) is 18.5 Å². The van der Waals surface area contributed by atoms with E-state index in [1.807, 2.05) is 24.3 Å².